The summed E-state index contributed by atoms with van der Waals surface area (Å²) in [7, 11) is 1.72. The average molecular weight is 889 g/mol. The molecular formula is C63H60N4O. The first kappa shape index (κ1) is 44.3. The van der Waals surface area contributed by atoms with Gasteiger partial charge < -0.3 is 14.7 Å². The van der Waals surface area contributed by atoms with Crippen LogP contribution in [0, 0.1) is 83.1 Å². The minimum atomic E-state index is 0.811. The molecule has 0 amide bonds. The van der Waals surface area contributed by atoms with E-state index in [9.17, 15) is 0 Å². The van der Waals surface area contributed by atoms with Crippen molar-refractivity contribution in [2.24, 2.45) is 0 Å². The molecule has 10 rings (SSSR count). The Morgan fingerprint density at radius 1 is 0.338 bits per heavy atom. The Morgan fingerprint density at radius 2 is 0.691 bits per heavy atom. The molecule has 2 N–H and O–H groups in total. The van der Waals surface area contributed by atoms with Gasteiger partial charge in [-0.3, -0.25) is 0 Å². The lowest BCUT2D eigenvalue weighted by atomic mass is 9.91. The van der Waals surface area contributed by atoms with Crippen molar-refractivity contribution in [2.75, 3.05) is 7.11 Å². The number of methoxy groups -OCH3 is 1. The molecule has 0 unspecified atom stereocenters. The number of aromatic amines is 2. The lowest BCUT2D eigenvalue weighted by molar-refractivity contribution is 0.415. The quantitative estimate of drug-likeness (QED) is 0.175. The highest BCUT2D eigenvalue weighted by atomic mass is 16.5. The van der Waals surface area contributed by atoms with Crippen molar-refractivity contribution in [3.05, 3.63) is 181 Å². The van der Waals surface area contributed by atoms with E-state index in [-0.39, 0.29) is 0 Å². The maximum atomic E-state index is 5.76. The van der Waals surface area contributed by atoms with E-state index in [0.29, 0.717) is 0 Å². The number of aromatic nitrogens is 4. The van der Waals surface area contributed by atoms with Crippen LogP contribution in [-0.2, 0) is 0 Å². The second kappa shape index (κ2) is 17.0. The number of H-pyrrole nitrogens is 2. The summed E-state index contributed by atoms with van der Waals surface area (Å²) in [6, 6.07) is 33.7. The summed E-state index contributed by atoms with van der Waals surface area (Å²) >= 11 is 0. The van der Waals surface area contributed by atoms with Crippen molar-refractivity contribution < 1.29 is 4.74 Å². The van der Waals surface area contributed by atoms with E-state index in [1.54, 1.807) is 7.11 Å². The van der Waals surface area contributed by atoms with Gasteiger partial charge in [-0.1, -0.05) is 82.9 Å². The van der Waals surface area contributed by atoms with E-state index in [0.717, 1.165) is 95.1 Å². The lowest BCUT2D eigenvalue weighted by Crippen LogP contribution is -1.97. The number of fused-ring (bicyclic) bond motifs is 8. The predicted octanol–water partition coefficient (Wildman–Crippen LogP) is 16.7. The third kappa shape index (κ3) is 7.60. The molecule has 338 valence electrons. The Kier molecular flexibility index (Phi) is 11.1. The Balaban J connectivity index is 1.51. The van der Waals surface area contributed by atoms with Crippen LogP contribution in [0.1, 0.15) is 89.5 Å². The van der Waals surface area contributed by atoms with Crippen molar-refractivity contribution in [3.8, 4) is 61.4 Å². The molecule has 5 heterocycles. The molecule has 0 saturated heterocycles. The lowest BCUT2D eigenvalue weighted by Gasteiger charge is -2.15. The van der Waals surface area contributed by atoms with E-state index >= 15 is 0 Å². The normalized spacial score (nSPS) is 12.1. The van der Waals surface area contributed by atoms with E-state index in [1.807, 2.05) is 0 Å². The van der Waals surface area contributed by atoms with Gasteiger partial charge in [0.15, 0.2) is 0 Å². The SMILES string of the molecule is COc1ccc(-c2cc3[nH]c2c(-c2c(C)cc(C)cc2C)c2nc(c(-c4c(C)cc(C)cc4C)c4nc(c(-c5c(C)cc(C)cc5C)c5ccc([nH]5)c3-c3c(C)cc(C)cc3C)C=C4)C=C2)cc1. The Labute approximate surface area is 401 Å². The van der Waals surface area contributed by atoms with Crippen LogP contribution in [0.3, 0.4) is 0 Å². The van der Waals surface area contributed by atoms with E-state index in [4.69, 9.17) is 14.7 Å². The van der Waals surface area contributed by atoms with E-state index in [1.165, 1.54) is 77.9 Å². The second-order valence-corrected chi connectivity index (χ2v) is 19.5. The number of benzene rings is 5. The van der Waals surface area contributed by atoms with Crippen molar-refractivity contribution in [1.29, 1.82) is 0 Å². The number of aryl methyl sites for hydroxylation is 12. The number of nitrogens with zero attached hydrogens (tertiary/aromatic N) is 2. The Morgan fingerprint density at radius 3 is 1.12 bits per heavy atom. The third-order valence-electron chi connectivity index (χ3n) is 14.0. The summed E-state index contributed by atoms with van der Waals surface area (Å²) in [6.45, 7) is 26.5. The highest BCUT2D eigenvalue weighted by Crippen LogP contribution is 2.45. The standard InChI is InChI=1S/C63H60N4O/c1-33-24-37(5)55(38(6)25-33)59-48-18-19-49(64-48)60(56-39(7)26-34(2)27-40(56)8)51-22-23-53(66-51)62(58-43(11)30-36(4)31-44(58)12)63-47(45-14-16-46(68-13)17-15-45)32-54(67-63)61(52-21-20-50(59)65-52)57-41(9)28-35(3)29-42(57)10/h14-32,65,67H,1-13H3. The second-order valence-electron chi connectivity index (χ2n) is 19.5. The summed E-state index contributed by atoms with van der Waals surface area (Å²) in [6.07, 6.45) is 8.83. The number of ether oxygens (including phenoxy) is 1. The first-order valence-corrected chi connectivity index (χ1v) is 23.8. The van der Waals surface area contributed by atoms with E-state index < -0.39 is 0 Å². The summed E-state index contributed by atoms with van der Waals surface area (Å²) < 4.78 is 5.70. The summed E-state index contributed by atoms with van der Waals surface area (Å²) in [5, 5.41) is 0. The molecule has 2 aliphatic rings. The highest BCUT2D eigenvalue weighted by molar-refractivity contribution is 6.06. The minimum Gasteiger partial charge on any atom is -0.497 e. The van der Waals surface area contributed by atoms with Gasteiger partial charge in [-0.2, -0.15) is 0 Å². The zero-order chi connectivity index (χ0) is 47.9. The molecule has 5 aromatic carbocycles. The maximum Gasteiger partial charge on any atom is 0.118 e. The highest BCUT2D eigenvalue weighted by Gasteiger charge is 2.25. The average Bonchev–Trinajstić information content (AvgIpc) is 4.11. The molecule has 68 heavy (non-hydrogen) atoms. The van der Waals surface area contributed by atoms with Gasteiger partial charge in [-0.25, -0.2) is 9.97 Å². The molecule has 3 aromatic heterocycles. The fourth-order valence-corrected chi connectivity index (χ4v) is 11.6. The van der Waals surface area contributed by atoms with Crippen molar-refractivity contribution in [1.82, 2.24) is 19.9 Å². The van der Waals surface area contributed by atoms with Gasteiger partial charge in [0, 0.05) is 44.4 Å². The maximum absolute atomic E-state index is 5.76. The van der Waals surface area contributed by atoms with Crippen LogP contribution in [0.4, 0.5) is 0 Å². The molecule has 2 aliphatic heterocycles. The smallest absolute Gasteiger partial charge is 0.118 e. The van der Waals surface area contributed by atoms with Crippen LogP contribution in [0.5, 0.6) is 5.75 Å². The molecule has 0 spiro atoms. The van der Waals surface area contributed by atoms with Crippen LogP contribution in [0.15, 0.2) is 91.0 Å². The van der Waals surface area contributed by atoms with Crippen molar-refractivity contribution in [3.63, 3.8) is 0 Å². The number of nitrogens with one attached hydrogen (secondary N) is 2. The third-order valence-corrected chi connectivity index (χ3v) is 14.0. The molecule has 8 bridgehead atoms. The van der Waals surface area contributed by atoms with Gasteiger partial charge in [0.25, 0.3) is 0 Å². The van der Waals surface area contributed by atoms with Crippen LogP contribution in [0.25, 0.3) is 102 Å². The first-order valence-electron chi connectivity index (χ1n) is 23.8. The molecule has 0 fully saturated rings. The van der Waals surface area contributed by atoms with E-state index in [2.05, 4.69) is 208 Å². The fourth-order valence-electron chi connectivity index (χ4n) is 11.6. The number of hydrogen-bond donors (Lipinski definition) is 2. The molecule has 8 aromatic rings. The molecule has 0 aliphatic carbocycles. The van der Waals surface area contributed by atoms with Gasteiger partial charge in [0.05, 0.1) is 35.4 Å². The van der Waals surface area contributed by atoms with Crippen molar-refractivity contribution >= 4 is 46.4 Å². The number of hydrogen-bond acceptors (Lipinski definition) is 3. The molecule has 0 saturated carbocycles. The molecule has 5 heteroatoms. The van der Waals surface area contributed by atoms with Crippen molar-refractivity contribution in [2.45, 2.75) is 83.1 Å². The van der Waals surface area contributed by atoms with Gasteiger partial charge in [-0.15, -0.1) is 0 Å². The molecular weight excluding hydrogens is 829 g/mol. The minimum absolute atomic E-state index is 0.811. The summed E-state index contributed by atoms with van der Waals surface area (Å²) in [4.78, 5) is 19.7. The monoisotopic (exact) mass is 888 g/mol. The van der Waals surface area contributed by atoms with Gasteiger partial charge >= 0.3 is 0 Å². The van der Waals surface area contributed by atoms with Crippen LogP contribution >= 0.6 is 0 Å². The van der Waals surface area contributed by atoms with Gasteiger partial charge in [0.1, 0.15) is 5.75 Å². The van der Waals surface area contributed by atoms with Crippen LogP contribution in [0.2, 0.25) is 0 Å². The predicted molar refractivity (Wildman–Crippen MR) is 289 cm³/mol. The van der Waals surface area contributed by atoms with Gasteiger partial charge in [-0.05, 0) is 210 Å². The fraction of sp³-hybridized carbons (Fsp3) is 0.206. The Hall–Kier alpha value is -7.50. The van der Waals surface area contributed by atoms with Gasteiger partial charge in [0.2, 0.25) is 0 Å². The number of rotatable bonds is 6. The summed E-state index contributed by atoms with van der Waals surface area (Å²) in [5.74, 6) is 0.811. The van der Waals surface area contributed by atoms with Crippen LogP contribution in [-0.4, -0.2) is 27.0 Å². The molecule has 0 radical (unpaired) electrons. The van der Waals surface area contributed by atoms with Crippen LogP contribution < -0.4 is 4.74 Å². The zero-order valence-corrected chi connectivity index (χ0v) is 41.8. The Bertz CT molecular complexity index is 3570. The topological polar surface area (TPSA) is 66.6 Å². The summed E-state index contributed by atoms with van der Waals surface area (Å²) in [5.41, 5.74) is 33.2. The zero-order valence-electron chi connectivity index (χ0n) is 41.8. The molecule has 5 nitrogen and oxygen atoms in total. The first-order chi connectivity index (χ1) is 32.6. The largest absolute Gasteiger partial charge is 0.497 e. The molecule has 0 atom stereocenters.